The highest BCUT2D eigenvalue weighted by molar-refractivity contribution is 7.13. The van der Waals surface area contributed by atoms with Gasteiger partial charge in [0.2, 0.25) is 0 Å². The molecule has 0 fully saturated rings. The highest BCUT2D eigenvalue weighted by Crippen LogP contribution is 2.25. The molecule has 7 nitrogen and oxygen atoms in total. The highest BCUT2D eigenvalue weighted by Gasteiger charge is 2.15. The summed E-state index contributed by atoms with van der Waals surface area (Å²) in [4.78, 5) is 25.6. The number of nitro groups is 1. The van der Waals surface area contributed by atoms with Crippen LogP contribution in [0.4, 0.5) is 5.69 Å². The zero-order valence-corrected chi connectivity index (χ0v) is 11.4. The molecule has 0 unspecified atom stereocenters. The Morgan fingerprint density at radius 3 is 2.90 bits per heavy atom. The number of nitro benzene ring substituents is 1. The third-order valence-corrected chi connectivity index (χ3v) is 3.59. The second kappa shape index (κ2) is 5.25. The Morgan fingerprint density at radius 1 is 1.38 bits per heavy atom. The van der Waals surface area contributed by atoms with Gasteiger partial charge in [0.15, 0.2) is 6.29 Å². The van der Waals surface area contributed by atoms with Crippen LogP contribution in [0.5, 0.6) is 0 Å². The number of benzene rings is 1. The van der Waals surface area contributed by atoms with E-state index in [1.165, 1.54) is 34.3 Å². The lowest BCUT2D eigenvalue weighted by atomic mass is 10.2. The molecule has 1 aromatic carbocycles. The van der Waals surface area contributed by atoms with Crippen LogP contribution in [-0.2, 0) is 0 Å². The van der Waals surface area contributed by atoms with E-state index in [0.29, 0.717) is 28.2 Å². The molecule has 0 N–H and O–H groups in total. The minimum atomic E-state index is -0.477. The van der Waals surface area contributed by atoms with Crippen LogP contribution in [0.3, 0.4) is 0 Å². The first-order valence-electron chi connectivity index (χ1n) is 5.88. The van der Waals surface area contributed by atoms with Gasteiger partial charge in [-0.1, -0.05) is 6.07 Å². The normalized spacial score (nSPS) is 10.5. The van der Waals surface area contributed by atoms with Crippen molar-refractivity contribution in [2.24, 2.45) is 0 Å². The third-order valence-electron chi connectivity index (χ3n) is 2.81. The first-order valence-corrected chi connectivity index (χ1v) is 6.76. The molecule has 0 aliphatic rings. The van der Waals surface area contributed by atoms with Crippen LogP contribution in [-0.4, -0.2) is 26.0 Å². The average molecular weight is 300 g/mol. The fourth-order valence-corrected chi connectivity index (χ4v) is 2.50. The summed E-state index contributed by atoms with van der Waals surface area (Å²) in [6.45, 7) is 0. The molecular formula is C13H8N4O3S. The zero-order chi connectivity index (χ0) is 14.8. The molecule has 0 spiro atoms. The van der Waals surface area contributed by atoms with Crippen LogP contribution in [0, 0.1) is 10.1 Å². The van der Waals surface area contributed by atoms with Gasteiger partial charge in [-0.2, -0.15) is 5.10 Å². The fraction of sp³-hybridized carbons (Fsp3) is 0. The monoisotopic (exact) mass is 300 g/mol. The number of aromatic nitrogens is 3. The Labute approximate surface area is 122 Å². The van der Waals surface area contributed by atoms with Crippen molar-refractivity contribution in [2.45, 2.75) is 0 Å². The van der Waals surface area contributed by atoms with Crippen molar-refractivity contribution in [2.75, 3.05) is 0 Å². The van der Waals surface area contributed by atoms with Crippen molar-refractivity contribution < 1.29 is 9.72 Å². The minimum absolute atomic E-state index is 0.0357. The van der Waals surface area contributed by atoms with E-state index in [2.05, 4.69) is 10.1 Å². The molecule has 0 aliphatic heterocycles. The van der Waals surface area contributed by atoms with Crippen LogP contribution in [0.15, 0.2) is 42.0 Å². The van der Waals surface area contributed by atoms with Crippen LogP contribution >= 0.6 is 11.3 Å². The van der Waals surface area contributed by atoms with Gasteiger partial charge in [0.05, 0.1) is 16.2 Å². The SMILES string of the molecule is O=Cc1cn(-c2cccc([N+](=O)[O-])c2)nc1-c1nccs1. The molecule has 0 saturated heterocycles. The molecule has 0 bridgehead atoms. The molecule has 21 heavy (non-hydrogen) atoms. The number of hydrogen-bond donors (Lipinski definition) is 0. The van der Waals surface area contributed by atoms with E-state index in [-0.39, 0.29) is 5.69 Å². The number of nitrogens with zero attached hydrogens (tertiary/aromatic N) is 4. The van der Waals surface area contributed by atoms with Crippen LogP contribution < -0.4 is 0 Å². The van der Waals surface area contributed by atoms with Gasteiger partial charge in [0.1, 0.15) is 10.7 Å². The Hall–Kier alpha value is -2.87. The lowest BCUT2D eigenvalue weighted by Crippen LogP contribution is -1.96. The number of carbonyl (C=O) groups is 1. The maximum absolute atomic E-state index is 11.2. The number of rotatable bonds is 4. The maximum Gasteiger partial charge on any atom is 0.271 e. The van der Waals surface area contributed by atoms with Crippen molar-refractivity contribution in [3.05, 3.63) is 57.7 Å². The number of thiazole rings is 1. The summed E-state index contributed by atoms with van der Waals surface area (Å²) < 4.78 is 1.44. The second-order valence-electron chi connectivity index (χ2n) is 4.11. The first-order chi connectivity index (χ1) is 10.2. The van der Waals surface area contributed by atoms with Crippen molar-refractivity contribution in [3.63, 3.8) is 0 Å². The van der Waals surface area contributed by atoms with Crippen LogP contribution in [0.2, 0.25) is 0 Å². The molecule has 3 rings (SSSR count). The number of hydrogen-bond acceptors (Lipinski definition) is 6. The van der Waals surface area contributed by atoms with E-state index in [4.69, 9.17) is 0 Å². The van der Waals surface area contributed by atoms with Gasteiger partial charge < -0.3 is 0 Å². The summed E-state index contributed by atoms with van der Waals surface area (Å²) in [5.41, 5.74) is 1.32. The smallest absolute Gasteiger partial charge is 0.271 e. The molecule has 2 heterocycles. The van der Waals surface area contributed by atoms with Gasteiger partial charge in [-0.15, -0.1) is 11.3 Å². The molecule has 0 atom stereocenters. The van der Waals surface area contributed by atoms with Gasteiger partial charge in [0.25, 0.3) is 5.69 Å². The van der Waals surface area contributed by atoms with Gasteiger partial charge in [0, 0.05) is 29.9 Å². The van der Waals surface area contributed by atoms with E-state index < -0.39 is 4.92 Å². The summed E-state index contributed by atoms with van der Waals surface area (Å²) in [5.74, 6) is 0. The quantitative estimate of drug-likeness (QED) is 0.419. The summed E-state index contributed by atoms with van der Waals surface area (Å²) >= 11 is 1.37. The predicted molar refractivity (Wildman–Crippen MR) is 76.7 cm³/mol. The van der Waals surface area contributed by atoms with Gasteiger partial charge in [-0.25, -0.2) is 9.67 Å². The van der Waals surface area contributed by atoms with Gasteiger partial charge in [-0.05, 0) is 6.07 Å². The molecule has 8 heteroatoms. The van der Waals surface area contributed by atoms with E-state index in [0.717, 1.165) is 0 Å². The minimum Gasteiger partial charge on any atom is -0.298 e. The van der Waals surface area contributed by atoms with Crippen LogP contribution in [0.25, 0.3) is 16.4 Å². The van der Waals surface area contributed by atoms with Crippen molar-refractivity contribution in [1.29, 1.82) is 0 Å². The van der Waals surface area contributed by atoms with Crippen molar-refractivity contribution in [1.82, 2.24) is 14.8 Å². The Kier molecular flexibility index (Phi) is 3.28. The van der Waals surface area contributed by atoms with Crippen LogP contribution in [0.1, 0.15) is 10.4 Å². The predicted octanol–water partition coefficient (Wildman–Crippen LogP) is 2.72. The van der Waals surface area contributed by atoms with E-state index in [9.17, 15) is 14.9 Å². The summed E-state index contributed by atoms with van der Waals surface area (Å²) in [6, 6.07) is 6.04. The number of non-ortho nitro benzene ring substituents is 1. The molecule has 3 aromatic rings. The van der Waals surface area contributed by atoms with Crippen molar-refractivity contribution in [3.8, 4) is 16.4 Å². The standard InChI is InChI=1S/C13H8N4O3S/c18-8-9-7-16(15-12(9)13-14-4-5-21-13)10-2-1-3-11(6-10)17(19)20/h1-8H. The first kappa shape index (κ1) is 13.1. The average Bonchev–Trinajstić information content (AvgIpc) is 3.16. The Balaban J connectivity index is 2.10. The largest absolute Gasteiger partial charge is 0.298 e. The number of aldehydes is 1. The third kappa shape index (κ3) is 2.43. The second-order valence-corrected chi connectivity index (χ2v) is 5.00. The lowest BCUT2D eigenvalue weighted by Gasteiger charge is -2.00. The molecule has 0 aliphatic carbocycles. The highest BCUT2D eigenvalue weighted by atomic mass is 32.1. The molecule has 0 saturated carbocycles. The molecule has 2 aromatic heterocycles. The maximum atomic E-state index is 11.2. The topological polar surface area (TPSA) is 90.9 Å². The summed E-state index contributed by atoms with van der Waals surface area (Å²) in [5, 5.41) is 17.5. The summed E-state index contributed by atoms with van der Waals surface area (Å²) in [7, 11) is 0. The van der Waals surface area contributed by atoms with E-state index >= 15 is 0 Å². The fourth-order valence-electron chi connectivity index (χ4n) is 1.86. The van der Waals surface area contributed by atoms with E-state index in [1.807, 2.05) is 0 Å². The lowest BCUT2D eigenvalue weighted by molar-refractivity contribution is -0.384. The Bertz CT molecular complexity index is 811. The van der Waals surface area contributed by atoms with E-state index in [1.54, 1.807) is 23.7 Å². The number of carbonyl (C=O) groups excluding carboxylic acids is 1. The van der Waals surface area contributed by atoms with Crippen molar-refractivity contribution >= 4 is 23.3 Å². The molecule has 104 valence electrons. The zero-order valence-electron chi connectivity index (χ0n) is 10.5. The van der Waals surface area contributed by atoms with Gasteiger partial charge >= 0.3 is 0 Å². The molecular weight excluding hydrogens is 292 g/mol. The Morgan fingerprint density at radius 2 is 2.24 bits per heavy atom. The van der Waals surface area contributed by atoms with Gasteiger partial charge in [-0.3, -0.25) is 14.9 Å². The molecule has 0 radical (unpaired) electrons. The summed E-state index contributed by atoms with van der Waals surface area (Å²) in [6.07, 6.45) is 3.85. The molecule has 0 amide bonds.